The molecule has 3 N–H and O–H groups in total. The molecular formula is C14H21N3O3. The Morgan fingerprint density at radius 3 is 2.40 bits per heavy atom. The maximum Gasteiger partial charge on any atom is 0.319 e. The van der Waals surface area contributed by atoms with E-state index in [1.807, 2.05) is 12.1 Å². The van der Waals surface area contributed by atoms with Crippen molar-refractivity contribution in [2.45, 2.75) is 12.8 Å². The molecule has 20 heavy (non-hydrogen) atoms. The maximum absolute atomic E-state index is 11.5. The molecule has 0 aromatic heterocycles. The molecule has 1 aromatic carbocycles. The average Bonchev–Trinajstić information content (AvgIpc) is 2.41. The van der Waals surface area contributed by atoms with Gasteiger partial charge in [0.2, 0.25) is 5.91 Å². The van der Waals surface area contributed by atoms with Crippen LogP contribution >= 0.6 is 0 Å². The second kappa shape index (κ2) is 8.16. The van der Waals surface area contributed by atoms with Crippen molar-refractivity contribution >= 4 is 17.6 Å². The quantitative estimate of drug-likeness (QED) is 0.674. The summed E-state index contributed by atoms with van der Waals surface area (Å²) in [5.74, 6) is 0.0347. The summed E-state index contributed by atoms with van der Waals surface area (Å²) in [5.41, 5.74) is 1.56. The van der Waals surface area contributed by atoms with Gasteiger partial charge in [-0.3, -0.25) is 4.79 Å². The number of anilines is 1. The molecule has 0 heterocycles. The van der Waals surface area contributed by atoms with E-state index >= 15 is 0 Å². The third-order valence-corrected chi connectivity index (χ3v) is 2.69. The number of carbonyl (C=O) groups is 2. The molecule has 1 aromatic rings. The molecule has 6 heteroatoms. The van der Waals surface area contributed by atoms with Crippen molar-refractivity contribution in [3.05, 3.63) is 29.8 Å². The SMILES string of the molecule is CN(C)C(=O)Cc1ccc(NC(=O)NCCCO)cc1. The van der Waals surface area contributed by atoms with Crippen LogP contribution in [0.3, 0.4) is 0 Å². The Morgan fingerprint density at radius 2 is 1.85 bits per heavy atom. The standard InChI is InChI=1S/C14H21N3O3/c1-17(2)13(19)10-11-4-6-12(7-5-11)16-14(20)15-8-3-9-18/h4-7,18H,3,8-10H2,1-2H3,(H2,15,16,20). The molecule has 6 nitrogen and oxygen atoms in total. The topological polar surface area (TPSA) is 81.7 Å². The lowest BCUT2D eigenvalue weighted by atomic mass is 10.1. The highest BCUT2D eigenvalue weighted by molar-refractivity contribution is 5.89. The van der Waals surface area contributed by atoms with E-state index in [-0.39, 0.29) is 18.5 Å². The van der Waals surface area contributed by atoms with Gasteiger partial charge in [-0.05, 0) is 24.1 Å². The molecule has 0 aliphatic heterocycles. The lowest BCUT2D eigenvalue weighted by Gasteiger charge is -2.11. The molecule has 1 rings (SSSR count). The minimum atomic E-state index is -0.310. The first-order valence-corrected chi connectivity index (χ1v) is 6.47. The van der Waals surface area contributed by atoms with Crippen LogP contribution in [0.2, 0.25) is 0 Å². The highest BCUT2D eigenvalue weighted by Gasteiger charge is 2.06. The number of nitrogens with one attached hydrogen (secondary N) is 2. The largest absolute Gasteiger partial charge is 0.396 e. The normalized spacial score (nSPS) is 9.95. The molecule has 0 unspecified atom stereocenters. The van der Waals surface area contributed by atoms with Crippen LogP contribution in [0.15, 0.2) is 24.3 Å². The lowest BCUT2D eigenvalue weighted by Crippen LogP contribution is -2.29. The van der Waals surface area contributed by atoms with Gasteiger partial charge in [0.25, 0.3) is 0 Å². The Balaban J connectivity index is 2.46. The molecule has 0 radical (unpaired) electrons. The minimum Gasteiger partial charge on any atom is -0.396 e. The summed E-state index contributed by atoms with van der Waals surface area (Å²) in [6.07, 6.45) is 0.870. The molecule has 0 bridgehead atoms. The van der Waals surface area contributed by atoms with Gasteiger partial charge in [-0.25, -0.2) is 4.79 Å². The highest BCUT2D eigenvalue weighted by atomic mass is 16.3. The first kappa shape index (κ1) is 16.0. The summed E-state index contributed by atoms with van der Waals surface area (Å²) >= 11 is 0. The van der Waals surface area contributed by atoms with Crippen molar-refractivity contribution in [3.8, 4) is 0 Å². The van der Waals surface area contributed by atoms with Crippen LogP contribution in [-0.2, 0) is 11.2 Å². The number of urea groups is 1. The number of likely N-dealkylation sites (N-methyl/N-ethyl adjacent to an activating group) is 1. The summed E-state index contributed by atoms with van der Waals surface area (Å²) < 4.78 is 0. The van der Waals surface area contributed by atoms with Gasteiger partial charge in [-0.1, -0.05) is 12.1 Å². The van der Waals surface area contributed by atoms with E-state index in [1.165, 1.54) is 0 Å². The zero-order valence-electron chi connectivity index (χ0n) is 11.8. The summed E-state index contributed by atoms with van der Waals surface area (Å²) in [4.78, 5) is 24.6. The van der Waals surface area contributed by atoms with Gasteiger partial charge in [0, 0.05) is 32.9 Å². The number of aliphatic hydroxyl groups excluding tert-OH is 1. The fourth-order valence-corrected chi connectivity index (χ4v) is 1.49. The van der Waals surface area contributed by atoms with E-state index in [9.17, 15) is 9.59 Å². The number of hydrogen-bond donors (Lipinski definition) is 3. The van der Waals surface area contributed by atoms with Crippen molar-refractivity contribution < 1.29 is 14.7 Å². The molecule has 0 fully saturated rings. The van der Waals surface area contributed by atoms with Crippen molar-refractivity contribution in [1.82, 2.24) is 10.2 Å². The predicted molar refractivity (Wildman–Crippen MR) is 77.6 cm³/mol. The maximum atomic E-state index is 11.5. The third-order valence-electron chi connectivity index (χ3n) is 2.69. The second-order valence-corrected chi connectivity index (χ2v) is 4.62. The van der Waals surface area contributed by atoms with Crippen LogP contribution in [-0.4, -0.2) is 49.2 Å². The van der Waals surface area contributed by atoms with Gasteiger partial charge in [-0.2, -0.15) is 0 Å². The van der Waals surface area contributed by atoms with Crippen molar-refractivity contribution in [2.75, 3.05) is 32.6 Å². The number of nitrogens with zero attached hydrogens (tertiary/aromatic N) is 1. The van der Waals surface area contributed by atoms with Gasteiger partial charge in [-0.15, -0.1) is 0 Å². The van der Waals surface area contributed by atoms with Gasteiger partial charge >= 0.3 is 6.03 Å². The van der Waals surface area contributed by atoms with E-state index in [2.05, 4.69) is 10.6 Å². The smallest absolute Gasteiger partial charge is 0.319 e. The summed E-state index contributed by atoms with van der Waals surface area (Å²) in [6, 6.07) is 6.82. The lowest BCUT2D eigenvalue weighted by molar-refractivity contribution is -0.127. The second-order valence-electron chi connectivity index (χ2n) is 4.62. The molecule has 0 spiro atoms. The Labute approximate surface area is 118 Å². The average molecular weight is 279 g/mol. The number of rotatable bonds is 6. The first-order chi connectivity index (χ1) is 9.52. The predicted octanol–water partition coefficient (Wildman–Crippen LogP) is 0.821. The Bertz CT molecular complexity index is 443. The number of hydrogen-bond acceptors (Lipinski definition) is 3. The van der Waals surface area contributed by atoms with Crippen molar-refractivity contribution in [2.24, 2.45) is 0 Å². The van der Waals surface area contributed by atoms with Crippen LogP contribution in [0.5, 0.6) is 0 Å². The first-order valence-electron chi connectivity index (χ1n) is 6.47. The molecule has 0 aliphatic rings. The summed E-state index contributed by atoms with van der Waals surface area (Å²) in [7, 11) is 3.43. The van der Waals surface area contributed by atoms with Crippen LogP contribution in [0.25, 0.3) is 0 Å². The number of aliphatic hydroxyl groups is 1. The van der Waals surface area contributed by atoms with E-state index in [4.69, 9.17) is 5.11 Å². The fourth-order valence-electron chi connectivity index (χ4n) is 1.49. The van der Waals surface area contributed by atoms with E-state index in [0.717, 1.165) is 5.56 Å². The number of amides is 3. The fraction of sp³-hybridized carbons (Fsp3) is 0.429. The van der Waals surface area contributed by atoms with E-state index in [0.29, 0.717) is 25.1 Å². The van der Waals surface area contributed by atoms with Crippen LogP contribution < -0.4 is 10.6 Å². The van der Waals surface area contributed by atoms with E-state index in [1.54, 1.807) is 31.1 Å². The minimum absolute atomic E-state index is 0.0347. The van der Waals surface area contributed by atoms with Crippen LogP contribution in [0.1, 0.15) is 12.0 Å². The van der Waals surface area contributed by atoms with Crippen LogP contribution in [0.4, 0.5) is 10.5 Å². The highest BCUT2D eigenvalue weighted by Crippen LogP contribution is 2.10. The molecule has 3 amide bonds. The molecule has 110 valence electrons. The Morgan fingerprint density at radius 1 is 1.20 bits per heavy atom. The van der Waals surface area contributed by atoms with Gasteiger partial charge in [0.05, 0.1) is 6.42 Å². The Kier molecular flexibility index (Phi) is 6.52. The van der Waals surface area contributed by atoms with Crippen LogP contribution in [0, 0.1) is 0 Å². The summed E-state index contributed by atoms with van der Waals surface area (Å²) in [5, 5.41) is 13.9. The summed E-state index contributed by atoms with van der Waals surface area (Å²) in [6.45, 7) is 0.479. The zero-order valence-corrected chi connectivity index (χ0v) is 11.8. The molecular weight excluding hydrogens is 258 g/mol. The molecule has 0 aliphatic carbocycles. The third kappa shape index (κ3) is 5.71. The molecule has 0 saturated carbocycles. The van der Waals surface area contributed by atoms with E-state index < -0.39 is 0 Å². The molecule has 0 atom stereocenters. The number of benzene rings is 1. The van der Waals surface area contributed by atoms with Crippen molar-refractivity contribution in [3.63, 3.8) is 0 Å². The monoisotopic (exact) mass is 279 g/mol. The van der Waals surface area contributed by atoms with Crippen molar-refractivity contribution in [1.29, 1.82) is 0 Å². The number of carbonyl (C=O) groups excluding carboxylic acids is 2. The Hall–Kier alpha value is -2.08. The zero-order chi connectivity index (χ0) is 15.0. The molecule has 0 saturated heterocycles. The van der Waals surface area contributed by atoms with Gasteiger partial charge < -0.3 is 20.6 Å². The van der Waals surface area contributed by atoms with Gasteiger partial charge in [0.15, 0.2) is 0 Å². The van der Waals surface area contributed by atoms with Gasteiger partial charge in [0.1, 0.15) is 0 Å².